The Morgan fingerprint density at radius 3 is 2.79 bits per heavy atom. The van der Waals surface area contributed by atoms with Gasteiger partial charge in [-0.1, -0.05) is 43.7 Å². The van der Waals surface area contributed by atoms with Crippen LogP contribution in [0.5, 0.6) is 0 Å². The average molecular weight is 411 g/mol. The van der Waals surface area contributed by atoms with Gasteiger partial charge in [0, 0.05) is 25.2 Å². The van der Waals surface area contributed by atoms with Crippen molar-refractivity contribution in [1.82, 2.24) is 21.6 Å². The Morgan fingerprint density at radius 2 is 2.07 bits per heavy atom. The first-order chi connectivity index (χ1) is 14.2. The fourth-order valence-corrected chi connectivity index (χ4v) is 2.85. The number of unbranched alkanes of at least 4 members (excludes halogenated alkanes) is 1. The van der Waals surface area contributed by atoms with E-state index in [1.165, 1.54) is 0 Å². The summed E-state index contributed by atoms with van der Waals surface area (Å²) in [6.45, 7) is 4.25. The van der Waals surface area contributed by atoms with Gasteiger partial charge in [0.05, 0.1) is 13.2 Å². The SMILES string of the molecule is CCCCON[C@@H]1CC[C@@H](C(O)NOCCNC(=O)OCc2ccccc2)NC1. The first-order valence-electron chi connectivity index (χ1n) is 10.3. The Balaban J connectivity index is 1.46. The van der Waals surface area contributed by atoms with Crippen LogP contribution in [0.25, 0.3) is 0 Å². The van der Waals surface area contributed by atoms with E-state index in [9.17, 15) is 9.90 Å². The number of aliphatic hydroxyl groups excluding tert-OH is 1. The highest BCUT2D eigenvalue weighted by Crippen LogP contribution is 2.10. The van der Waals surface area contributed by atoms with Gasteiger partial charge in [-0.15, -0.1) is 0 Å². The molecule has 1 amide bonds. The number of piperidine rings is 1. The molecule has 5 N–H and O–H groups in total. The largest absolute Gasteiger partial charge is 0.445 e. The third-order valence-corrected chi connectivity index (χ3v) is 4.57. The molecule has 0 spiro atoms. The molecule has 29 heavy (non-hydrogen) atoms. The number of alkyl carbamates (subject to hydrolysis) is 1. The van der Waals surface area contributed by atoms with E-state index in [0.717, 1.165) is 31.2 Å². The molecule has 9 nitrogen and oxygen atoms in total. The van der Waals surface area contributed by atoms with Crippen LogP contribution >= 0.6 is 0 Å². The molecule has 0 aliphatic carbocycles. The number of amides is 1. The molecule has 1 unspecified atom stereocenters. The molecule has 0 radical (unpaired) electrons. The second kappa shape index (κ2) is 14.3. The lowest BCUT2D eigenvalue weighted by Crippen LogP contribution is -2.55. The third-order valence-electron chi connectivity index (χ3n) is 4.57. The first kappa shape index (κ1) is 23.5. The lowest BCUT2D eigenvalue weighted by Gasteiger charge is -2.32. The zero-order valence-electron chi connectivity index (χ0n) is 17.1. The monoisotopic (exact) mass is 410 g/mol. The molecule has 1 aliphatic heterocycles. The van der Waals surface area contributed by atoms with Crippen LogP contribution in [-0.4, -0.2) is 55.8 Å². The van der Waals surface area contributed by atoms with E-state index in [1.807, 2.05) is 30.3 Å². The predicted molar refractivity (Wildman–Crippen MR) is 109 cm³/mol. The lowest BCUT2D eigenvalue weighted by atomic mass is 10.0. The number of carbonyl (C=O) groups is 1. The summed E-state index contributed by atoms with van der Waals surface area (Å²) in [5.41, 5.74) is 6.59. The van der Waals surface area contributed by atoms with E-state index < -0.39 is 12.3 Å². The number of nitrogens with one attached hydrogen (secondary N) is 4. The maximum Gasteiger partial charge on any atom is 0.407 e. The minimum atomic E-state index is -0.831. The zero-order valence-corrected chi connectivity index (χ0v) is 17.1. The average Bonchev–Trinajstić information content (AvgIpc) is 2.76. The van der Waals surface area contributed by atoms with Gasteiger partial charge in [-0.05, 0) is 24.8 Å². The van der Waals surface area contributed by atoms with Crippen LogP contribution in [0.3, 0.4) is 0 Å². The van der Waals surface area contributed by atoms with E-state index in [-0.39, 0.29) is 31.8 Å². The van der Waals surface area contributed by atoms with Gasteiger partial charge in [0.1, 0.15) is 12.8 Å². The fourth-order valence-electron chi connectivity index (χ4n) is 2.85. The molecule has 3 atom stereocenters. The maximum atomic E-state index is 11.6. The van der Waals surface area contributed by atoms with Gasteiger partial charge in [0.15, 0.2) is 0 Å². The van der Waals surface area contributed by atoms with Crippen LogP contribution in [0.2, 0.25) is 0 Å². The lowest BCUT2D eigenvalue weighted by molar-refractivity contribution is -0.0771. The molecule has 1 aromatic carbocycles. The van der Waals surface area contributed by atoms with Crippen molar-refractivity contribution in [3.63, 3.8) is 0 Å². The van der Waals surface area contributed by atoms with E-state index in [0.29, 0.717) is 13.2 Å². The Kier molecular flexibility index (Phi) is 11.6. The summed E-state index contributed by atoms with van der Waals surface area (Å²) in [5, 5.41) is 16.0. The number of aliphatic hydroxyl groups is 1. The van der Waals surface area contributed by atoms with Crippen molar-refractivity contribution < 1.29 is 24.3 Å². The van der Waals surface area contributed by atoms with Crippen molar-refractivity contribution in [2.45, 2.75) is 57.5 Å². The van der Waals surface area contributed by atoms with Gasteiger partial charge in [-0.3, -0.25) is 4.84 Å². The van der Waals surface area contributed by atoms with Gasteiger partial charge in [0.2, 0.25) is 0 Å². The molecule has 0 aromatic heterocycles. The molecule has 1 aliphatic rings. The standard InChI is InChI=1S/C20H34N4O5/c1-2-3-12-28-23-17-9-10-18(22-14-17)19(25)24-29-13-11-21-20(26)27-15-16-7-5-4-6-8-16/h4-8,17-19,22-25H,2-3,9-15H2,1H3,(H,21,26)/t17-,18+,19?/m1/s1. The molecule has 1 fully saturated rings. The summed E-state index contributed by atoms with van der Waals surface area (Å²) in [5.74, 6) is 0. The van der Waals surface area contributed by atoms with Crippen molar-refractivity contribution >= 4 is 6.09 Å². The number of hydrogen-bond donors (Lipinski definition) is 5. The molecular weight excluding hydrogens is 376 g/mol. The highest BCUT2D eigenvalue weighted by molar-refractivity contribution is 5.67. The quantitative estimate of drug-likeness (QED) is 0.187. The minimum absolute atomic E-state index is 0.104. The van der Waals surface area contributed by atoms with Crippen molar-refractivity contribution in [2.75, 3.05) is 26.3 Å². The summed E-state index contributed by atoms with van der Waals surface area (Å²) < 4.78 is 5.10. The van der Waals surface area contributed by atoms with Gasteiger partial charge in [-0.2, -0.15) is 11.0 Å². The summed E-state index contributed by atoms with van der Waals surface area (Å²) >= 11 is 0. The van der Waals surface area contributed by atoms with Gasteiger partial charge < -0.3 is 25.3 Å². The van der Waals surface area contributed by atoms with Crippen LogP contribution in [0.15, 0.2) is 30.3 Å². The van der Waals surface area contributed by atoms with Crippen LogP contribution in [-0.2, 0) is 21.0 Å². The number of carbonyl (C=O) groups excluding carboxylic acids is 1. The molecule has 0 bridgehead atoms. The third kappa shape index (κ3) is 10.0. The van der Waals surface area contributed by atoms with Crippen molar-refractivity contribution in [3.8, 4) is 0 Å². The number of benzene rings is 1. The van der Waals surface area contributed by atoms with Crippen molar-refractivity contribution in [2.24, 2.45) is 0 Å². The molecule has 164 valence electrons. The molecule has 2 rings (SSSR count). The first-order valence-corrected chi connectivity index (χ1v) is 10.3. The molecular formula is C20H34N4O5. The van der Waals surface area contributed by atoms with Crippen LogP contribution in [0, 0.1) is 0 Å². The highest BCUT2D eigenvalue weighted by atomic mass is 16.7. The van der Waals surface area contributed by atoms with Gasteiger partial charge in [-0.25, -0.2) is 4.79 Å². The second-order valence-electron chi connectivity index (χ2n) is 7.01. The normalized spacial score (nSPS) is 20.2. The number of ether oxygens (including phenoxy) is 1. The fraction of sp³-hybridized carbons (Fsp3) is 0.650. The van der Waals surface area contributed by atoms with Gasteiger partial charge in [0.25, 0.3) is 0 Å². The summed E-state index contributed by atoms with van der Waals surface area (Å²) in [7, 11) is 0. The topological polar surface area (TPSA) is 113 Å². The maximum absolute atomic E-state index is 11.6. The van der Waals surface area contributed by atoms with Gasteiger partial charge >= 0.3 is 6.09 Å². The highest BCUT2D eigenvalue weighted by Gasteiger charge is 2.26. The van der Waals surface area contributed by atoms with Crippen molar-refractivity contribution in [3.05, 3.63) is 35.9 Å². The Hall–Kier alpha value is -1.75. The second-order valence-corrected chi connectivity index (χ2v) is 7.01. The smallest absolute Gasteiger partial charge is 0.407 e. The minimum Gasteiger partial charge on any atom is -0.445 e. The molecule has 9 heteroatoms. The zero-order chi connectivity index (χ0) is 20.7. The van der Waals surface area contributed by atoms with E-state index in [1.54, 1.807) is 0 Å². The Morgan fingerprint density at radius 1 is 1.24 bits per heavy atom. The Labute approximate surface area is 172 Å². The van der Waals surface area contributed by atoms with Crippen molar-refractivity contribution in [1.29, 1.82) is 0 Å². The van der Waals surface area contributed by atoms with Crippen LogP contribution in [0.1, 0.15) is 38.2 Å². The Bertz CT molecular complexity index is 555. The molecule has 1 saturated heterocycles. The molecule has 1 heterocycles. The summed E-state index contributed by atoms with van der Waals surface area (Å²) in [4.78, 5) is 22.3. The molecule has 0 saturated carbocycles. The number of hydrogen-bond acceptors (Lipinski definition) is 8. The van der Waals surface area contributed by atoms with E-state index >= 15 is 0 Å². The van der Waals surface area contributed by atoms with E-state index in [2.05, 4.69) is 28.5 Å². The summed E-state index contributed by atoms with van der Waals surface area (Å²) in [6.07, 6.45) is 2.49. The number of rotatable bonds is 13. The van der Waals surface area contributed by atoms with Crippen LogP contribution in [0.4, 0.5) is 4.79 Å². The summed E-state index contributed by atoms with van der Waals surface area (Å²) in [6, 6.07) is 9.59. The van der Waals surface area contributed by atoms with E-state index in [4.69, 9.17) is 14.4 Å². The molecule has 1 aromatic rings. The van der Waals surface area contributed by atoms with Crippen LogP contribution < -0.4 is 21.6 Å². The predicted octanol–water partition coefficient (Wildman–Crippen LogP) is 1.19. The number of hydroxylamine groups is 2.